The van der Waals surface area contributed by atoms with Crippen molar-refractivity contribution in [1.82, 2.24) is 5.32 Å². The van der Waals surface area contributed by atoms with E-state index in [4.69, 9.17) is 4.74 Å². The van der Waals surface area contributed by atoms with Gasteiger partial charge in [-0.1, -0.05) is 0 Å². The van der Waals surface area contributed by atoms with Crippen molar-refractivity contribution >= 4 is 0 Å². The van der Waals surface area contributed by atoms with Crippen LogP contribution in [0.5, 0.6) is 5.75 Å². The van der Waals surface area contributed by atoms with Crippen molar-refractivity contribution in [3.63, 3.8) is 0 Å². The highest BCUT2D eigenvalue weighted by molar-refractivity contribution is 5.42. The third kappa shape index (κ3) is 1.69. The second kappa shape index (κ2) is 4.06. The molecule has 0 aliphatic carbocycles. The summed E-state index contributed by atoms with van der Waals surface area (Å²) >= 11 is 0. The molecule has 2 nitrogen and oxygen atoms in total. The first-order valence-corrected chi connectivity index (χ1v) is 6.00. The molecule has 0 bridgehead atoms. The quantitative estimate of drug-likeness (QED) is 0.785. The van der Waals surface area contributed by atoms with Crippen molar-refractivity contribution < 1.29 is 9.13 Å². The fourth-order valence-electron chi connectivity index (χ4n) is 2.65. The Morgan fingerprint density at radius 2 is 2.31 bits per heavy atom. The van der Waals surface area contributed by atoms with Gasteiger partial charge >= 0.3 is 0 Å². The Morgan fingerprint density at radius 1 is 1.38 bits per heavy atom. The summed E-state index contributed by atoms with van der Waals surface area (Å²) in [6, 6.07) is 3.57. The maximum atomic E-state index is 13.9. The Bertz CT molecular complexity index is 399. The van der Waals surface area contributed by atoms with Gasteiger partial charge in [0.15, 0.2) is 0 Å². The minimum atomic E-state index is -0.102. The lowest BCUT2D eigenvalue weighted by Gasteiger charge is -2.23. The Hall–Kier alpha value is -1.09. The molecule has 0 spiro atoms. The Kier molecular flexibility index (Phi) is 2.56. The lowest BCUT2D eigenvalue weighted by molar-refractivity contribution is 0.354. The van der Waals surface area contributed by atoms with Crippen LogP contribution in [0.4, 0.5) is 4.39 Å². The van der Waals surface area contributed by atoms with Crippen LogP contribution < -0.4 is 10.1 Å². The van der Waals surface area contributed by atoms with Crippen molar-refractivity contribution in [1.29, 1.82) is 0 Å². The second-order valence-electron chi connectivity index (χ2n) is 4.62. The molecule has 1 atom stereocenters. The molecule has 0 amide bonds. The first kappa shape index (κ1) is 10.1. The molecular formula is C13H16FNO. The summed E-state index contributed by atoms with van der Waals surface area (Å²) in [5, 5.41) is 3.33. The first-order valence-electron chi connectivity index (χ1n) is 6.00. The van der Waals surface area contributed by atoms with Crippen LogP contribution in [0, 0.1) is 5.82 Å². The zero-order valence-electron chi connectivity index (χ0n) is 9.26. The number of rotatable bonds is 1. The largest absolute Gasteiger partial charge is 0.493 e. The number of halogens is 1. The van der Waals surface area contributed by atoms with Crippen LogP contribution in [0.1, 0.15) is 29.9 Å². The van der Waals surface area contributed by atoms with E-state index in [1.54, 1.807) is 6.07 Å². The second-order valence-corrected chi connectivity index (χ2v) is 4.62. The number of hydrogen-bond donors (Lipinski definition) is 1. The number of hydrogen-bond acceptors (Lipinski definition) is 2. The van der Waals surface area contributed by atoms with Crippen LogP contribution in [0.25, 0.3) is 0 Å². The van der Waals surface area contributed by atoms with E-state index in [-0.39, 0.29) is 5.82 Å². The van der Waals surface area contributed by atoms with E-state index >= 15 is 0 Å². The molecule has 0 aromatic heterocycles. The van der Waals surface area contributed by atoms with Gasteiger partial charge in [-0.15, -0.1) is 0 Å². The van der Waals surface area contributed by atoms with Crippen LogP contribution in [0.2, 0.25) is 0 Å². The van der Waals surface area contributed by atoms with Gasteiger partial charge in [-0.2, -0.15) is 0 Å². The number of fused-ring (bicyclic) bond motifs is 1. The summed E-state index contributed by atoms with van der Waals surface area (Å²) < 4.78 is 19.3. The summed E-state index contributed by atoms with van der Waals surface area (Å²) in [4.78, 5) is 0. The van der Waals surface area contributed by atoms with Crippen molar-refractivity contribution in [2.75, 3.05) is 19.7 Å². The smallest absolute Gasteiger partial charge is 0.130 e. The lowest BCUT2D eigenvalue weighted by Crippen LogP contribution is -2.28. The predicted molar refractivity (Wildman–Crippen MR) is 60.4 cm³/mol. The fraction of sp³-hybridized carbons (Fsp3) is 0.538. The number of nitrogens with one attached hydrogen (secondary N) is 1. The SMILES string of the molecule is Fc1cc2c(cc1C1CCCNC1)CCO2. The van der Waals surface area contributed by atoms with Crippen LogP contribution in [0.3, 0.4) is 0 Å². The molecule has 1 aromatic rings. The molecule has 1 saturated heterocycles. The zero-order chi connectivity index (χ0) is 11.0. The summed E-state index contributed by atoms with van der Waals surface area (Å²) in [5.41, 5.74) is 2.04. The molecular weight excluding hydrogens is 205 g/mol. The van der Waals surface area contributed by atoms with Gasteiger partial charge in [0.05, 0.1) is 6.61 Å². The van der Waals surface area contributed by atoms with Crippen LogP contribution in [-0.2, 0) is 6.42 Å². The Labute approximate surface area is 94.8 Å². The van der Waals surface area contributed by atoms with E-state index in [9.17, 15) is 4.39 Å². The molecule has 2 aliphatic rings. The highest BCUT2D eigenvalue weighted by atomic mass is 19.1. The molecule has 1 fully saturated rings. The van der Waals surface area contributed by atoms with Gasteiger partial charge in [-0.25, -0.2) is 4.39 Å². The molecule has 2 aliphatic heterocycles. The van der Waals surface area contributed by atoms with E-state index in [1.807, 2.05) is 6.07 Å². The minimum absolute atomic E-state index is 0.102. The molecule has 16 heavy (non-hydrogen) atoms. The van der Waals surface area contributed by atoms with Gasteiger partial charge in [0.2, 0.25) is 0 Å². The third-order valence-corrected chi connectivity index (χ3v) is 3.55. The number of benzene rings is 1. The maximum absolute atomic E-state index is 13.9. The van der Waals surface area contributed by atoms with Gasteiger partial charge in [0, 0.05) is 19.0 Å². The van der Waals surface area contributed by atoms with Gasteiger partial charge in [-0.3, -0.25) is 0 Å². The normalized spacial score (nSPS) is 23.9. The van der Waals surface area contributed by atoms with E-state index in [2.05, 4.69) is 5.32 Å². The molecule has 2 heterocycles. The summed E-state index contributed by atoms with van der Waals surface area (Å²) in [5.74, 6) is 0.971. The molecule has 0 radical (unpaired) electrons. The van der Waals surface area contributed by atoms with E-state index < -0.39 is 0 Å². The van der Waals surface area contributed by atoms with Gasteiger partial charge in [0.1, 0.15) is 11.6 Å². The molecule has 86 valence electrons. The monoisotopic (exact) mass is 221 g/mol. The van der Waals surface area contributed by atoms with Gasteiger partial charge < -0.3 is 10.1 Å². The van der Waals surface area contributed by atoms with Crippen molar-refractivity contribution in [3.05, 3.63) is 29.1 Å². The van der Waals surface area contributed by atoms with E-state index in [0.717, 1.165) is 43.7 Å². The maximum Gasteiger partial charge on any atom is 0.130 e. The first-order chi connectivity index (χ1) is 7.84. The number of piperidine rings is 1. The summed E-state index contributed by atoms with van der Waals surface area (Å²) in [6.45, 7) is 2.66. The van der Waals surface area contributed by atoms with E-state index in [0.29, 0.717) is 12.5 Å². The average Bonchev–Trinajstić information content (AvgIpc) is 2.76. The summed E-state index contributed by atoms with van der Waals surface area (Å²) in [7, 11) is 0. The molecule has 3 heteroatoms. The molecule has 3 rings (SSSR count). The van der Waals surface area contributed by atoms with Crippen LogP contribution in [-0.4, -0.2) is 19.7 Å². The summed E-state index contributed by atoms with van der Waals surface area (Å²) in [6.07, 6.45) is 3.14. The Morgan fingerprint density at radius 3 is 3.12 bits per heavy atom. The fourth-order valence-corrected chi connectivity index (χ4v) is 2.65. The van der Waals surface area contributed by atoms with Crippen LogP contribution in [0.15, 0.2) is 12.1 Å². The predicted octanol–water partition coefficient (Wildman–Crippen LogP) is 2.23. The van der Waals surface area contributed by atoms with Gasteiger partial charge in [0.25, 0.3) is 0 Å². The van der Waals surface area contributed by atoms with Crippen molar-refractivity contribution in [2.24, 2.45) is 0 Å². The highest BCUT2D eigenvalue weighted by Gasteiger charge is 2.22. The zero-order valence-corrected chi connectivity index (χ0v) is 9.26. The molecule has 1 unspecified atom stereocenters. The topological polar surface area (TPSA) is 21.3 Å². The van der Waals surface area contributed by atoms with Crippen molar-refractivity contribution in [2.45, 2.75) is 25.2 Å². The average molecular weight is 221 g/mol. The van der Waals surface area contributed by atoms with E-state index in [1.165, 1.54) is 5.56 Å². The number of ether oxygens (including phenoxy) is 1. The van der Waals surface area contributed by atoms with Crippen molar-refractivity contribution in [3.8, 4) is 5.75 Å². The minimum Gasteiger partial charge on any atom is -0.493 e. The standard InChI is InChI=1S/C13H16FNO/c14-12-7-13-9(3-5-16-13)6-11(12)10-2-1-4-15-8-10/h6-7,10,15H,1-5,8H2. The molecule has 0 saturated carbocycles. The van der Waals surface area contributed by atoms with Crippen LogP contribution >= 0.6 is 0 Å². The molecule has 1 N–H and O–H groups in total. The highest BCUT2D eigenvalue weighted by Crippen LogP contribution is 2.33. The lowest BCUT2D eigenvalue weighted by atomic mass is 9.90. The Balaban J connectivity index is 1.94. The van der Waals surface area contributed by atoms with Gasteiger partial charge in [-0.05, 0) is 42.5 Å². The molecule has 1 aromatic carbocycles. The third-order valence-electron chi connectivity index (χ3n) is 3.55.